The van der Waals surface area contributed by atoms with E-state index in [1.807, 2.05) is 42.6 Å². The van der Waals surface area contributed by atoms with E-state index in [9.17, 15) is 0 Å². The smallest absolute Gasteiger partial charge is 0.503 e. The van der Waals surface area contributed by atoms with Gasteiger partial charge in [-0.25, -0.2) is 4.98 Å². The molecule has 0 spiro atoms. The van der Waals surface area contributed by atoms with E-state index in [1.54, 1.807) is 6.20 Å². The number of nitrogens with zero attached hydrogens (tertiary/aromatic N) is 3. The van der Waals surface area contributed by atoms with Crippen LogP contribution in [0, 0.1) is 12.1 Å². The Morgan fingerprint density at radius 2 is 1.39 bits per heavy atom. The van der Waals surface area contributed by atoms with Gasteiger partial charge in [0, 0.05) is 34.8 Å². The molecule has 4 heterocycles. The number of hydrogen-bond donors (Lipinski definition) is 0. The Kier molecular flexibility index (Phi) is 8.21. The van der Waals surface area contributed by atoms with Gasteiger partial charge in [-0.15, -0.1) is 17.5 Å². The third-order valence-corrected chi connectivity index (χ3v) is 10.1. The molecule has 0 aliphatic heterocycles. The average Bonchev–Trinajstić information content (AvgIpc) is 3.73. The molecule has 10 rings (SSSR count). The zero-order valence-corrected chi connectivity index (χ0v) is 32.1. The van der Waals surface area contributed by atoms with Crippen molar-refractivity contribution in [3.8, 4) is 39.7 Å². The number of furan rings is 1. The predicted octanol–water partition coefficient (Wildman–Crippen LogP) is 12.6. The van der Waals surface area contributed by atoms with Crippen molar-refractivity contribution < 1.29 is 30.2 Å². The number of para-hydroxylation sites is 1. The maximum absolute atomic E-state index is 6.76. The molecule has 0 aliphatic carbocycles. The number of ether oxygens (including phenoxy) is 1. The molecule has 0 atom stereocenters. The quantitative estimate of drug-likeness (QED) is 0.162. The molecule has 0 fully saturated rings. The summed E-state index contributed by atoms with van der Waals surface area (Å²) >= 11 is 0. The summed E-state index contributed by atoms with van der Waals surface area (Å²) in [4.78, 5) is 9.56. The number of aromatic nitrogens is 3. The van der Waals surface area contributed by atoms with Crippen molar-refractivity contribution in [2.24, 2.45) is 0 Å². The van der Waals surface area contributed by atoms with Crippen LogP contribution in [0.5, 0.6) is 11.5 Å². The average molecular weight is 879 g/mol. The van der Waals surface area contributed by atoms with E-state index in [0.29, 0.717) is 17.1 Å². The van der Waals surface area contributed by atoms with Crippen LogP contribution in [0.3, 0.4) is 0 Å². The SMILES string of the molecule is CC(C)(C)c1ccnc(-n2c3[c-]c(Oc4[c-]c(-c5ccccn5)c5oc6cc(-c7ccccc7)c7ccccc7c6c5c4)ccc3c3ccccc32)c1.[Pt+2]. The van der Waals surface area contributed by atoms with Gasteiger partial charge in [0.1, 0.15) is 11.4 Å². The molecule has 6 aromatic carbocycles. The third kappa shape index (κ3) is 5.59. The van der Waals surface area contributed by atoms with Crippen molar-refractivity contribution in [2.45, 2.75) is 26.2 Å². The number of hydrogen-bond acceptors (Lipinski definition) is 4. The Hall–Kier alpha value is -6.03. The standard InChI is InChI=1S/C48H33N3O2.Pt/c1-48(2,3)31-22-24-50-45(25-31)51-42-19-10-9-16-35(42)36-21-20-32(28-43(36)51)52-33-26-39(41-18-11-12-23-49-41)47-40(27-33)46-37-17-8-7-15-34(37)38(29-44(46)53-47)30-13-5-4-6-14-30;/h4-25,27,29H,1-3H3;/q-2;+2. The van der Waals surface area contributed by atoms with Crippen LogP contribution in [0.4, 0.5) is 0 Å². The second-order valence-electron chi connectivity index (χ2n) is 14.5. The molecule has 262 valence electrons. The van der Waals surface area contributed by atoms with Gasteiger partial charge in [-0.3, -0.25) is 0 Å². The molecule has 0 saturated heterocycles. The van der Waals surface area contributed by atoms with Gasteiger partial charge in [-0.2, -0.15) is 6.07 Å². The second-order valence-corrected chi connectivity index (χ2v) is 14.5. The van der Waals surface area contributed by atoms with E-state index >= 15 is 0 Å². The van der Waals surface area contributed by atoms with Crippen LogP contribution in [0.2, 0.25) is 0 Å². The second kappa shape index (κ2) is 13.1. The van der Waals surface area contributed by atoms with Gasteiger partial charge in [0.05, 0.1) is 5.58 Å². The van der Waals surface area contributed by atoms with E-state index in [1.165, 1.54) is 5.56 Å². The Morgan fingerprint density at radius 3 is 2.19 bits per heavy atom. The summed E-state index contributed by atoms with van der Waals surface area (Å²) in [6.45, 7) is 6.66. The summed E-state index contributed by atoms with van der Waals surface area (Å²) in [6, 6.07) is 52.9. The van der Waals surface area contributed by atoms with Gasteiger partial charge in [0.2, 0.25) is 0 Å². The van der Waals surface area contributed by atoms with E-state index in [4.69, 9.17) is 19.1 Å². The topological polar surface area (TPSA) is 53.1 Å². The van der Waals surface area contributed by atoms with Crippen molar-refractivity contribution in [1.29, 1.82) is 0 Å². The fourth-order valence-electron chi connectivity index (χ4n) is 7.56. The molecule has 6 heteroatoms. The zero-order chi connectivity index (χ0) is 35.7. The molecular weight excluding hydrogens is 846 g/mol. The minimum atomic E-state index is -0.0278. The van der Waals surface area contributed by atoms with Crippen LogP contribution in [0.15, 0.2) is 150 Å². The van der Waals surface area contributed by atoms with Crippen molar-refractivity contribution in [3.05, 3.63) is 164 Å². The van der Waals surface area contributed by atoms with Crippen LogP contribution in [-0.4, -0.2) is 14.5 Å². The Bertz CT molecular complexity index is 3010. The summed E-state index contributed by atoms with van der Waals surface area (Å²) in [6.07, 6.45) is 3.68. The molecule has 0 unspecified atom stereocenters. The first-order valence-corrected chi connectivity index (χ1v) is 17.8. The van der Waals surface area contributed by atoms with E-state index < -0.39 is 0 Å². The van der Waals surface area contributed by atoms with Crippen molar-refractivity contribution in [3.63, 3.8) is 0 Å². The molecule has 4 aromatic heterocycles. The van der Waals surface area contributed by atoms with Gasteiger partial charge < -0.3 is 18.7 Å². The third-order valence-electron chi connectivity index (χ3n) is 10.1. The molecular formula is C48H33N3O2Pt. The number of pyridine rings is 2. The summed E-state index contributed by atoms with van der Waals surface area (Å²) in [7, 11) is 0. The van der Waals surface area contributed by atoms with Crippen molar-refractivity contribution in [1.82, 2.24) is 14.5 Å². The van der Waals surface area contributed by atoms with Crippen LogP contribution in [0.25, 0.3) is 82.7 Å². The normalized spacial score (nSPS) is 11.8. The van der Waals surface area contributed by atoms with Crippen LogP contribution in [0.1, 0.15) is 26.3 Å². The molecule has 10 aromatic rings. The molecule has 0 aliphatic rings. The van der Waals surface area contributed by atoms with Crippen molar-refractivity contribution in [2.75, 3.05) is 0 Å². The monoisotopic (exact) mass is 878 g/mol. The fourth-order valence-corrected chi connectivity index (χ4v) is 7.56. The summed E-state index contributed by atoms with van der Waals surface area (Å²) in [5, 5.41) is 6.42. The molecule has 54 heavy (non-hydrogen) atoms. The van der Waals surface area contributed by atoms with Gasteiger partial charge in [-0.1, -0.05) is 134 Å². The molecule has 0 N–H and O–H groups in total. The Balaban J connectivity index is 0.00000384. The van der Waals surface area contributed by atoms with Gasteiger partial charge >= 0.3 is 21.1 Å². The number of benzene rings is 6. The summed E-state index contributed by atoms with van der Waals surface area (Å²) in [5.41, 5.74) is 8.38. The van der Waals surface area contributed by atoms with Crippen LogP contribution < -0.4 is 4.74 Å². The zero-order valence-electron chi connectivity index (χ0n) is 29.8. The minimum Gasteiger partial charge on any atom is -0.503 e. The predicted molar refractivity (Wildman–Crippen MR) is 215 cm³/mol. The first kappa shape index (κ1) is 33.8. The summed E-state index contributed by atoms with van der Waals surface area (Å²) < 4.78 is 15.7. The Labute approximate surface area is 327 Å². The largest absolute Gasteiger partial charge is 2.00 e. The molecule has 0 amide bonds. The maximum atomic E-state index is 6.76. The van der Waals surface area contributed by atoms with E-state index in [0.717, 1.165) is 77.1 Å². The summed E-state index contributed by atoms with van der Waals surface area (Å²) in [5.74, 6) is 1.96. The molecule has 0 saturated carbocycles. The van der Waals surface area contributed by atoms with E-state index in [2.05, 4.69) is 135 Å². The first-order valence-electron chi connectivity index (χ1n) is 17.8. The fraction of sp³-hybridized carbons (Fsp3) is 0.0833. The van der Waals surface area contributed by atoms with Gasteiger partial charge in [-0.05, 0) is 74.3 Å². The molecule has 0 radical (unpaired) electrons. The number of rotatable bonds is 5. The Morgan fingerprint density at radius 1 is 0.630 bits per heavy atom. The minimum absolute atomic E-state index is 0. The molecule has 5 nitrogen and oxygen atoms in total. The van der Waals surface area contributed by atoms with Gasteiger partial charge in [0.15, 0.2) is 0 Å². The van der Waals surface area contributed by atoms with E-state index in [-0.39, 0.29) is 26.5 Å². The van der Waals surface area contributed by atoms with Crippen molar-refractivity contribution >= 4 is 54.5 Å². The first-order chi connectivity index (χ1) is 25.9. The van der Waals surface area contributed by atoms with Crippen LogP contribution >= 0.6 is 0 Å². The molecule has 0 bridgehead atoms. The number of fused-ring (bicyclic) bond motifs is 8. The van der Waals surface area contributed by atoms with Gasteiger partial charge in [0.25, 0.3) is 0 Å². The maximum Gasteiger partial charge on any atom is 2.00 e. The van der Waals surface area contributed by atoms with Crippen LogP contribution in [-0.2, 0) is 26.5 Å².